The molecule has 0 bridgehead atoms. The number of nitrogens with one attached hydrogen (secondary N) is 2. The van der Waals surface area contributed by atoms with E-state index in [4.69, 9.17) is 23.2 Å². The monoisotopic (exact) mass is 467 g/mol. The molecule has 0 unspecified atom stereocenters. The van der Waals surface area contributed by atoms with Gasteiger partial charge < -0.3 is 0 Å². The Kier molecular flexibility index (Phi) is 6.52. The first-order valence-corrected chi connectivity index (χ1v) is 9.52. The van der Waals surface area contributed by atoms with E-state index in [1.54, 1.807) is 13.0 Å². The van der Waals surface area contributed by atoms with Gasteiger partial charge in [0.2, 0.25) is 0 Å². The molecule has 3 aromatic rings. The van der Waals surface area contributed by atoms with Crippen molar-refractivity contribution < 1.29 is 22.8 Å². The lowest BCUT2D eigenvalue weighted by atomic mass is 10.0. The van der Waals surface area contributed by atoms with Crippen LogP contribution in [0.3, 0.4) is 0 Å². The van der Waals surface area contributed by atoms with Crippen LogP contribution in [0.5, 0.6) is 0 Å². The van der Waals surface area contributed by atoms with Crippen molar-refractivity contribution in [3.63, 3.8) is 0 Å². The zero-order chi connectivity index (χ0) is 22.8. The number of pyridine rings is 1. The van der Waals surface area contributed by atoms with Gasteiger partial charge in [-0.3, -0.25) is 15.4 Å². The molecule has 2 N–H and O–H groups in total. The van der Waals surface area contributed by atoms with Crippen molar-refractivity contribution in [2.45, 2.75) is 13.1 Å². The Balaban J connectivity index is 1.75. The van der Waals surface area contributed by atoms with E-state index in [1.807, 2.05) is 0 Å². The van der Waals surface area contributed by atoms with Crippen LogP contribution in [-0.2, 0) is 6.18 Å². The number of benzene rings is 2. The smallest absolute Gasteiger partial charge is 0.292 e. The number of nitrogens with zero attached hydrogens (tertiary/aromatic N) is 1. The van der Waals surface area contributed by atoms with Gasteiger partial charge in [0.05, 0.1) is 21.2 Å². The highest BCUT2D eigenvalue weighted by Gasteiger charge is 2.30. The molecule has 10 heteroatoms. The number of aromatic nitrogens is 1. The van der Waals surface area contributed by atoms with Crippen LogP contribution in [0.4, 0.5) is 23.8 Å². The molecular formula is C21H14Cl2F3N3O2. The third kappa shape index (κ3) is 5.34. The molecule has 0 saturated carbocycles. The van der Waals surface area contributed by atoms with Gasteiger partial charge in [0, 0.05) is 11.8 Å². The molecule has 31 heavy (non-hydrogen) atoms. The molecular weight excluding hydrogens is 454 g/mol. The zero-order valence-corrected chi connectivity index (χ0v) is 17.4. The van der Waals surface area contributed by atoms with E-state index < -0.39 is 23.7 Å². The highest BCUT2D eigenvalue weighted by atomic mass is 35.5. The van der Waals surface area contributed by atoms with Gasteiger partial charge in [-0.05, 0) is 48.4 Å². The minimum Gasteiger partial charge on any atom is -0.292 e. The molecule has 1 aromatic heterocycles. The van der Waals surface area contributed by atoms with Gasteiger partial charge in [-0.1, -0.05) is 41.4 Å². The molecule has 0 spiro atoms. The molecule has 0 aliphatic rings. The van der Waals surface area contributed by atoms with E-state index in [2.05, 4.69) is 15.6 Å². The van der Waals surface area contributed by atoms with Crippen LogP contribution >= 0.6 is 23.2 Å². The summed E-state index contributed by atoms with van der Waals surface area (Å²) in [7, 11) is 0. The maximum Gasteiger partial charge on any atom is 0.416 e. The van der Waals surface area contributed by atoms with Crippen LogP contribution in [0.2, 0.25) is 10.0 Å². The highest BCUT2D eigenvalue weighted by molar-refractivity contribution is 6.40. The van der Waals surface area contributed by atoms with Gasteiger partial charge in [0.1, 0.15) is 5.82 Å². The first-order valence-electron chi connectivity index (χ1n) is 8.77. The van der Waals surface area contributed by atoms with Crippen molar-refractivity contribution in [2.75, 3.05) is 5.32 Å². The molecule has 3 rings (SSSR count). The van der Waals surface area contributed by atoms with Crippen LogP contribution in [0.1, 0.15) is 21.5 Å². The topological polar surface area (TPSA) is 71.1 Å². The second kappa shape index (κ2) is 8.95. The molecule has 1 heterocycles. The van der Waals surface area contributed by atoms with E-state index >= 15 is 0 Å². The Hall–Kier alpha value is -3.10. The lowest BCUT2D eigenvalue weighted by Crippen LogP contribution is -2.34. The number of aryl methyl sites for hydroxylation is 1. The fraction of sp³-hybridized carbons (Fsp3) is 0.0952. The van der Waals surface area contributed by atoms with Crippen LogP contribution in [-0.4, -0.2) is 16.9 Å². The van der Waals surface area contributed by atoms with Gasteiger partial charge >= 0.3 is 12.2 Å². The van der Waals surface area contributed by atoms with E-state index in [-0.39, 0.29) is 21.4 Å². The molecule has 0 aliphatic heterocycles. The fourth-order valence-electron chi connectivity index (χ4n) is 2.82. The Bertz CT molecular complexity index is 1150. The van der Waals surface area contributed by atoms with E-state index in [9.17, 15) is 22.8 Å². The van der Waals surface area contributed by atoms with Crippen molar-refractivity contribution >= 4 is 41.0 Å². The van der Waals surface area contributed by atoms with Crippen LogP contribution in [0.25, 0.3) is 11.1 Å². The van der Waals surface area contributed by atoms with Crippen molar-refractivity contribution in [3.8, 4) is 11.1 Å². The number of carbonyl (C=O) groups is 2. The number of anilines is 1. The Morgan fingerprint density at radius 2 is 1.65 bits per heavy atom. The number of imide groups is 1. The lowest BCUT2D eigenvalue weighted by molar-refractivity contribution is -0.137. The number of carbonyl (C=O) groups excluding carboxylic acids is 2. The highest BCUT2D eigenvalue weighted by Crippen LogP contribution is 2.33. The predicted molar refractivity (Wildman–Crippen MR) is 112 cm³/mol. The van der Waals surface area contributed by atoms with Gasteiger partial charge in [-0.2, -0.15) is 13.2 Å². The molecule has 160 valence electrons. The van der Waals surface area contributed by atoms with Crippen molar-refractivity contribution in [2.24, 2.45) is 0 Å². The predicted octanol–water partition coefficient (Wildman–Crippen LogP) is 6.34. The lowest BCUT2D eigenvalue weighted by Gasteiger charge is -2.12. The van der Waals surface area contributed by atoms with E-state index in [1.165, 1.54) is 36.5 Å². The van der Waals surface area contributed by atoms with Crippen molar-refractivity contribution in [1.29, 1.82) is 0 Å². The molecule has 2 aromatic carbocycles. The summed E-state index contributed by atoms with van der Waals surface area (Å²) in [6.45, 7) is 1.66. The summed E-state index contributed by atoms with van der Waals surface area (Å²) in [6, 6.07) is 9.91. The summed E-state index contributed by atoms with van der Waals surface area (Å²) < 4.78 is 38.9. The first kappa shape index (κ1) is 22.6. The Morgan fingerprint density at radius 1 is 1.00 bits per heavy atom. The maximum absolute atomic E-state index is 13.0. The Morgan fingerprint density at radius 3 is 2.26 bits per heavy atom. The number of urea groups is 1. The number of hydrogen-bond acceptors (Lipinski definition) is 3. The molecule has 0 radical (unpaired) electrons. The minimum atomic E-state index is -4.46. The SMILES string of the molecule is Cc1cc(NC(=O)NC(=O)c2c(Cl)cccc2Cl)ncc1-c1cccc(C(F)(F)F)c1. The molecule has 0 saturated heterocycles. The molecule has 3 amide bonds. The van der Waals surface area contributed by atoms with Gasteiger partial charge in [-0.15, -0.1) is 0 Å². The number of rotatable bonds is 3. The molecule has 0 aliphatic carbocycles. The number of halogens is 5. The number of amides is 3. The molecule has 5 nitrogen and oxygen atoms in total. The Labute approximate surface area is 185 Å². The molecule has 0 atom stereocenters. The summed E-state index contributed by atoms with van der Waals surface area (Å²) >= 11 is 11.9. The molecule has 0 fully saturated rings. The van der Waals surface area contributed by atoms with E-state index in [0.29, 0.717) is 16.7 Å². The normalized spacial score (nSPS) is 11.2. The van der Waals surface area contributed by atoms with Gasteiger partial charge in [-0.25, -0.2) is 9.78 Å². The second-order valence-electron chi connectivity index (χ2n) is 6.47. The largest absolute Gasteiger partial charge is 0.416 e. The average Bonchev–Trinajstić information content (AvgIpc) is 2.67. The summed E-state index contributed by atoms with van der Waals surface area (Å²) in [5.74, 6) is -0.700. The first-order chi connectivity index (χ1) is 14.6. The van der Waals surface area contributed by atoms with Crippen molar-refractivity contribution in [1.82, 2.24) is 10.3 Å². The van der Waals surface area contributed by atoms with Crippen molar-refractivity contribution in [3.05, 3.63) is 81.5 Å². The summed E-state index contributed by atoms with van der Waals surface area (Å²) in [5.41, 5.74) is 0.549. The third-order valence-electron chi connectivity index (χ3n) is 4.27. The number of alkyl halides is 3. The standard InChI is InChI=1S/C21H14Cl2F3N3O2/c1-11-8-17(27-10-14(11)12-4-2-5-13(9-12)21(24,25)26)28-20(31)29-19(30)18-15(22)6-3-7-16(18)23/h2-10H,1H3,(H2,27,28,29,30,31). The quantitative estimate of drug-likeness (QED) is 0.471. The van der Waals surface area contributed by atoms with Crippen LogP contribution in [0.15, 0.2) is 54.7 Å². The second-order valence-corrected chi connectivity index (χ2v) is 7.28. The zero-order valence-electron chi connectivity index (χ0n) is 15.8. The maximum atomic E-state index is 13.0. The fourth-order valence-corrected chi connectivity index (χ4v) is 3.39. The average molecular weight is 468 g/mol. The van der Waals surface area contributed by atoms with Crippen LogP contribution < -0.4 is 10.6 Å². The minimum absolute atomic E-state index is 0.0509. The van der Waals surface area contributed by atoms with Gasteiger partial charge in [0.25, 0.3) is 5.91 Å². The van der Waals surface area contributed by atoms with E-state index in [0.717, 1.165) is 12.1 Å². The number of hydrogen-bond donors (Lipinski definition) is 2. The van der Waals surface area contributed by atoms with Gasteiger partial charge in [0.15, 0.2) is 0 Å². The summed E-state index contributed by atoms with van der Waals surface area (Å²) in [5, 5.41) is 4.64. The van der Waals surface area contributed by atoms with Crippen LogP contribution in [0, 0.1) is 6.92 Å². The third-order valence-corrected chi connectivity index (χ3v) is 4.90. The summed E-state index contributed by atoms with van der Waals surface area (Å²) in [6.07, 6.45) is -3.12. The summed E-state index contributed by atoms with van der Waals surface area (Å²) in [4.78, 5) is 28.4.